The van der Waals surface area contributed by atoms with Crippen LogP contribution in [0.3, 0.4) is 0 Å². The Morgan fingerprint density at radius 3 is 2.96 bits per heavy atom. The summed E-state index contributed by atoms with van der Waals surface area (Å²) < 4.78 is 2.61. The number of carbonyl (C=O) groups excluding carboxylic acids is 1. The third-order valence-electron chi connectivity index (χ3n) is 4.00. The monoisotopic (exact) mass is 347 g/mol. The summed E-state index contributed by atoms with van der Waals surface area (Å²) in [5.41, 5.74) is 0.907. The summed E-state index contributed by atoms with van der Waals surface area (Å²) in [6.07, 6.45) is 2.74. The van der Waals surface area contributed by atoms with Gasteiger partial charge in [-0.1, -0.05) is 6.07 Å². The standard InChI is InChI=1S/C15H17N5O3S/c1-9-2-3-11(20(22)23)8-12(9)14(21)16-7-6-13-17-18-15(24)19(13)10-4-5-10/h2-3,8,10H,4-7H2,1H3,(H,16,21)(H,18,24). The number of hydrogen-bond acceptors (Lipinski definition) is 5. The van der Waals surface area contributed by atoms with Crippen molar-refractivity contribution in [1.82, 2.24) is 20.1 Å². The van der Waals surface area contributed by atoms with Gasteiger partial charge in [0.05, 0.1) is 4.92 Å². The van der Waals surface area contributed by atoms with E-state index in [1.165, 1.54) is 12.1 Å². The summed E-state index contributed by atoms with van der Waals surface area (Å²) in [6.45, 7) is 2.13. The third-order valence-corrected chi connectivity index (χ3v) is 4.29. The predicted octanol–water partition coefficient (Wildman–Crippen LogP) is 2.46. The van der Waals surface area contributed by atoms with Crippen LogP contribution in [0.5, 0.6) is 0 Å². The predicted molar refractivity (Wildman–Crippen MR) is 89.6 cm³/mol. The van der Waals surface area contributed by atoms with E-state index >= 15 is 0 Å². The number of rotatable bonds is 6. The Bertz CT molecular complexity index is 853. The number of carbonyl (C=O) groups is 1. The molecule has 1 heterocycles. The molecule has 1 aliphatic carbocycles. The van der Waals surface area contributed by atoms with Crippen LogP contribution < -0.4 is 5.32 Å². The van der Waals surface area contributed by atoms with Crippen molar-refractivity contribution in [2.45, 2.75) is 32.2 Å². The maximum atomic E-state index is 12.3. The van der Waals surface area contributed by atoms with Gasteiger partial charge in [-0.3, -0.25) is 20.0 Å². The zero-order valence-electron chi connectivity index (χ0n) is 13.1. The minimum absolute atomic E-state index is 0.0969. The van der Waals surface area contributed by atoms with Crippen molar-refractivity contribution < 1.29 is 9.72 Å². The highest BCUT2D eigenvalue weighted by atomic mass is 32.1. The second kappa shape index (κ2) is 6.52. The van der Waals surface area contributed by atoms with E-state index in [0.717, 1.165) is 18.7 Å². The molecular weight excluding hydrogens is 330 g/mol. The first kappa shape index (κ1) is 16.3. The van der Waals surface area contributed by atoms with Gasteiger partial charge in [0.25, 0.3) is 11.6 Å². The molecule has 0 atom stereocenters. The maximum Gasteiger partial charge on any atom is 0.270 e. The number of non-ortho nitro benzene ring substituents is 1. The molecule has 0 saturated heterocycles. The van der Waals surface area contributed by atoms with Crippen molar-refractivity contribution >= 4 is 23.8 Å². The number of H-pyrrole nitrogens is 1. The van der Waals surface area contributed by atoms with E-state index < -0.39 is 4.92 Å². The first-order chi connectivity index (χ1) is 11.5. The Balaban J connectivity index is 1.65. The van der Waals surface area contributed by atoms with Crippen molar-refractivity contribution in [2.75, 3.05) is 6.54 Å². The fraction of sp³-hybridized carbons (Fsp3) is 0.400. The van der Waals surface area contributed by atoms with Crippen LogP contribution in [0.15, 0.2) is 18.2 Å². The summed E-state index contributed by atoms with van der Waals surface area (Å²) in [5.74, 6) is 0.488. The van der Waals surface area contributed by atoms with E-state index in [1.807, 2.05) is 4.57 Å². The molecule has 0 bridgehead atoms. The Hall–Kier alpha value is -2.55. The fourth-order valence-corrected chi connectivity index (χ4v) is 2.87. The zero-order valence-corrected chi connectivity index (χ0v) is 13.9. The van der Waals surface area contributed by atoms with Crippen molar-refractivity contribution in [3.63, 3.8) is 0 Å². The normalized spacial score (nSPS) is 13.7. The Kier molecular flexibility index (Phi) is 4.43. The van der Waals surface area contributed by atoms with Gasteiger partial charge in [0.1, 0.15) is 5.82 Å². The van der Waals surface area contributed by atoms with Crippen LogP contribution in [0, 0.1) is 21.8 Å². The lowest BCUT2D eigenvalue weighted by Crippen LogP contribution is -2.27. The summed E-state index contributed by atoms with van der Waals surface area (Å²) >= 11 is 5.22. The Labute approximate surface area is 143 Å². The smallest absolute Gasteiger partial charge is 0.270 e. The van der Waals surface area contributed by atoms with Crippen LogP contribution in [0.25, 0.3) is 0 Å². The number of nitro benzene ring substituents is 1. The van der Waals surface area contributed by atoms with E-state index in [0.29, 0.717) is 34.9 Å². The minimum Gasteiger partial charge on any atom is -0.352 e. The highest BCUT2D eigenvalue weighted by Gasteiger charge is 2.27. The summed E-state index contributed by atoms with van der Waals surface area (Å²) in [6, 6.07) is 4.68. The third kappa shape index (κ3) is 3.35. The highest BCUT2D eigenvalue weighted by Crippen LogP contribution is 2.35. The lowest BCUT2D eigenvalue weighted by atomic mass is 10.1. The number of nitrogens with one attached hydrogen (secondary N) is 2. The first-order valence-corrected chi connectivity index (χ1v) is 8.07. The molecule has 8 nitrogen and oxygen atoms in total. The molecule has 2 aromatic rings. The molecule has 1 saturated carbocycles. The van der Waals surface area contributed by atoms with Crippen LogP contribution >= 0.6 is 12.2 Å². The largest absolute Gasteiger partial charge is 0.352 e. The van der Waals surface area contributed by atoms with Crippen LogP contribution in [0.2, 0.25) is 0 Å². The zero-order chi connectivity index (χ0) is 17.3. The van der Waals surface area contributed by atoms with Gasteiger partial charge in [-0.05, 0) is 37.5 Å². The highest BCUT2D eigenvalue weighted by molar-refractivity contribution is 7.71. The summed E-state index contributed by atoms with van der Waals surface area (Å²) in [4.78, 5) is 22.6. The number of benzene rings is 1. The molecule has 1 amide bonds. The molecule has 2 N–H and O–H groups in total. The molecule has 1 aliphatic rings. The van der Waals surface area contributed by atoms with Crippen LogP contribution in [-0.4, -0.2) is 32.1 Å². The van der Waals surface area contributed by atoms with Crippen LogP contribution in [0.1, 0.15) is 40.6 Å². The Morgan fingerprint density at radius 2 is 2.29 bits per heavy atom. The molecule has 0 aliphatic heterocycles. The van der Waals surface area contributed by atoms with Crippen molar-refractivity contribution in [2.24, 2.45) is 0 Å². The molecular formula is C15H17N5O3S. The van der Waals surface area contributed by atoms with Gasteiger partial charge in [0, 0.05) is 36.7 Å². The van der Waals surface area contributed by atoms with Gasteiger partial charge in [-0.15, -0.1) is 0 Å². The number of aromatic amines is 1. The van der Waals surface area contributed by atoms with Crippen molar-refractivity contribution in [3.8, 4) is 0 Å². The number of aromatic nitrogens is 3. The second-order valence-corrected chi connectivity index (χ2v) is 6.20. The van der Waals surface area contributed by atoms with Gasteiger partial charge >= 0.3 is 0 Å². The van der Waals surface area contributed by atoms with Crippen LogP contribution in [0.4, 0.5) is 5.69 Å². The second-order valence-electron chi connectivity index (χ2n) is 5.81. The summed E-state index contributed by atoms with van der Waals surface area (Å²) in [5, 5.41) is 20.6. The average molecular weight is 347 g/mol. The number of nitrogens with zero attached hydrogens (tertiary/aromatic N) is 3. The van der Waals surface area contributed by atoms with E-state index in [-0.39, 0.29) is 11.6 Å². The molecule has 0 radical (unpaired) electrons. The van der Waals surface area contributed by atoms with E-state index in [4.69, 9.17) is 12.2 Å². The molecule has 9 heteroatoms. The van der Waals surface area contributed by atoms with Crippen molar-refractivity contribution in [3.05, 3.63) is 50.0 Å². The number of nitro groups is 1. The SMILES string of the molecule is Cc1ccc([N+](=O)[O-])cc1C(=O)NCCc1n[nH]c(=S)n1C1CC1. The summed E-state index contributed by atoms with van der Waals surface area (Å²) in [7, 11) is 0. The fourth-order valence-electron chi connectivity index (χ4n) is 2.57. The minimum atomic E-state index is -0.510. The molecule has 126 valence electrons. The number of hydrogen-bond donors (Lipinski definition) is 2. The van der Waals surface area contributed by atoms with Gasteiger partial charge in [-0.2, -0.15) is 5.10 Å². The molecule has 24 heavy (non-hydrogen) atoms. The topological polar surface area (TPSA) is 106 Å². The number of aryl methyl sites for hydroxylation is 1. The first-order valence-electron chi connectivity index (χ1n) is 7.66. The van der Waals surface area contributed by atoms with Gasteiger partial charge in [0.15, 0.2) is 4.77 Å². The lowest BCUT2D eigenvalue weighted by molar-refractivity contribution is -0.384. The van der Waals surface area contributed by atoms with E-state index in [2.05, 4.69) is 15.5 Å². The lowest BCUT2D eigenvalue weighted by Gasteiger charge is -2.08. The Morgan fingerprint density at radius 1 is 1.54 bits per heavy atom. The molecule has 1 fully saturated rings. The van der Waals surface area contributed by atoms with Gasteiger partial charge in [-0.25, -0.2) is 0 Å². The molecule has 0 spiro atoms. The van der Waals surface area contributed by atoms with E-state index in [1.54, 1.807) is 13.0 Å². The van der Waals surface area contributed by atoms with Crippen molar-refractivity contribution in [1.29, 1.82) is 0 Å². The average Bonchev–Trinajstić information content (AvgIpc) is 3.31. The van der Waals surface area contributed by atoms with Gasteiger partial charge < -0.3 is 9.88 Å². The molecule has 1 aromatic heterocycles. The molecule has 0 unspecified atom stereocenters. The van der Waals surface area contributed by atoms with Gasteiger partial charge in [0.2, 0.25) is 0 Å². The molecule has 3 rings (SSSR count). The maximum absolute atomic E-state index is 12.3. The molecule has 1 aromatic carbocycles. The van der Waals surface area contributed by atoms with Crippen LogP contribution in [-0.2, 0) is 6.42 Å². The quantitative estimate of drug-likeness (QED) is 0.474. The number of amides is 1. The van der Waals surface area contributed by atoms with E-state index in [9.17, 15) is 14.9 Å².